The van der Waals surface area contributed by atoms with Crippen LogP contribution in [0.2, 0.25) is 0 Å². The van der Waals surface area contributed by atoms with E-state index in [-0.39, 0.29) is 4.92 Å². The molecule has 0 radical (unpaired) electrons. The lowest BCUT2D eigenvalue weighted by Gasteiger charge is -2.21. The van der Waals surface area contributed by atoms with Gasteiger partial charge in [0.05, 0.1) is 0 Å². The molecule has 0 saturated heterocycles. The molecule has 0 saturated carbocycles. The highest BCUT2D eigenvalue weighted by atomic mass is 16.6. The summed E-state index contributed by atoms with van der Waals surface area (Å²) in [4.78, 5) is 12.6. The summed E-state index contributed by atoms with van der Waals surface area (Å²) in [7, 11) is 0. The van der Waals surface area contributed by atoms with E-state index in [0.717, 1.165) is 18.7 Å². The second kappa shape index (κ2) is 6.23. The maximum absolute atomic E-state index is 10.6. The van der Waals surface area contributed by atoms with Gasteiger partial charge in [-0.15, -0.1) is 0 Å². The monoisotopic (exact) mass is 236 g/mol. The van der Waals surface area contributed by atoms with E-state index in [9.17, 15) is 10.1 Å². The van der Waals surface area contributed by atoms with Crippen molar-refractivity contribution in [2.75, 3.05) is 18.0 Å². The number of rotatable bonds is 6. The summed E-state index contributed by atoms with van der Waals surface area (Å²) in [6.45, 7) is 7.82. The second-order valence-corrected chi connectivity index (χ2v) is 4.18. The molecule has 0 heterocycles. The van der Waals surface area contributed by atoms with Crippen LogP contribution in [-0.2, 0) is 6.42 Å². The summed E-state index contributed by atoms with van der Waals surface area (Å²) in [6, 6.07) is 7.51. The SMILES string of the molecule is CCN(CC)c1ccc(CC(C)[N+](=O)[O-])cc1. The first-order chi connectivity index (χ1) is 8.08. The average molecular weight is 236 g/mol. The van der Waals surface area contributed by atoms with Crippen LogP contribution in [0.4, 0.5) is 5.69 Å². The van der Waals surface area contributed by atoms with E-state index in [4.69, 9.17) is 0 Å². The highest BCUT2D eigenvalue weighted by Gasteiger charge is 2.13. The van der Waals surface area contributed by atoms with Crippen molar-refractivity contribution in [3.05, 3.63) is 39.9 Å². The molecule has 1 unspecified atom stereocenters. The molecule has 1 rings (SSSR count). The topological polar surface area (TPSA) is 46.4 Å². The van der Waals surface area contributed by atoms with Crippen LogP contribution < -0.4 is 4.90 Å². The molecule has 0 amide bonds. The maximum atomic E-state index is 10.6. The summed E-state index contributed by atoms with van der Waals surface area (Å²) < 4.78 is 0. The third-order valence-corrected chi connectivity index (χ3v) is 2.96. The molecule has 0 spiro atoms. The molecule has 17 heavy (non-hydrogen) atoms. The molecule has 0 aromatic heterocycles. The molecule has 4 heteroatoms. The van der Waals surface area contributed by atoms with Crippen molar-refractivity contribution in [1.29, 1.82) is 0 Å². The minimum Gasteiger partial charge on any atom is -0.372 e. The summed E-state index contributed by atoms with van der Waals surface area (Å²) >= 11 is 0. The van der Waals surface area contributed by atoms with Crippen molar-refractivity contribution in [1.82, 2.24) is 0 Å². The first-order valence-electron chi connectivity index (χ1n) is 6.05. The van der Waals surface area contributed by atoms with Crippen molar-refractivity contribution in [3.63, 3.8) is 0 Å². The van der Waals surface area contributed by atoms with E-state index in [0.29, 0.717) is 6.42 Å². The molecule has 0 aliphatic rings. The molecule has 1 aromatic rings. The molecule has 1 aromatic carbocycles. The molecule has 0 N–H and O–H groups in total. The molecular weight excluding hydrogens is 216 g/mol. The molecule has 1 atom stereocenters. The number of nitro groups is 1. The van der Waals surface area contributed by atoms with Gasteiger partial charge in [0.25, 0.3) is 0 Å². The van der Waals surface area contributed by atoms with E-state index >= 15 is 0 Å². The molecule has 0 bridgehead atoms. The number of hydrogen-bond acceptors (Lipinski definition) is 3. The molecule has 4 nitrogen and oxygen atoms in total. The third-order valence-electron chi connectivity index (χ3n) is 2.96. The van der Waals surface area contributed by atoms with Crippen molar-refractivity contribution >= 4 is 5.69 Å². The molecule has 0 aliphatic carbocycles. The van der Waals surface area contributed by atoms with E-state index in [2.05, 4.69) is 18.7 Å². The maximum Gasteiger partial charge on any atom is 0.214 e. The Bertz CT molecular complexity index is 358. The van der Waals surface area contributed by atoms with Gasteiger partial charge in [-0.1, -0.05) is 12.1 Å². The van der Waals surface area contributed by atoms with Crippen LogP contribution >= 0.6 is 0 Å². The van der Waals surface area contributed by atoms with Crippen LogP contribution in [0.1, 0.15) is 26.3 Å². The lowest BCUT2D eigenvalue weighted by Crippen LogP contribution is -2.22. The summed E-state index contributed by atoms with van der Waals surface area (Å²) in [5.74, 6) is 0. The Balaban J connectivity index is 2.71. The number of anilines is 1. The third kappa shape index (κ3) is 3.73. The van der Waals surface area contributed by atoms with Crippen LogP contribution in [0.25, 0.3) is 0 Å². The van der Waals surface area contributed by atoms with E-state index in [1.807, 2.05) is 24.3 Å². The largest absolute Gasteiger partial charge is 0.372 e. The van der Waals surface area contributed by atoms with Crippen molar-refractivity contribution in [2.45, 2.75) is 33.2 Å². The van der Waals surface area contributed by atoms with Gasteiger partial charge in [-0.05, 0) is 31.5 Å². The molecular formula is C13H20N2O2. The van der Waals surface area contributed by atoms with Crippen LogP contribution in [0.5, 0.6) is 0 Å². The zero-order chi connectivity index (χ0) is 12.8. The number of benzene rings is 1. The van der Waals surface area contributed by atoms with Gasteiger partial charge in [-0.25, -0.2) is 0 Å². The Kier molecular flexibility index (Phi) is 4.94. The van der Waals surface area contributed by atoms with Gasteiger partial charge in [0.15, 0.2) is 0 Å². The summed E-state index contributed by atoms with van der Waals surface area (Å²) in [6.07, 6.45) is 0.492. The minimum atomic E-state index is -0.519. The predicted molar refractivity (Wildman–Crippen MR) is 70.2 cm³/mol. The zero-order valence-electron chi connectivity index (χ0n) is 10.7. The second-order valence-electron chi connectivity index (χ2n) is 4.18. The highest BCUT2D eigenvalue weighted by Crippen LogP contribution is 2.16. The fourth-order valence-corrected chi connectivity index (χ4v) is 1.85. The van der Waals surface area contributed by atoms with Crippen LogP contribution in [0, 0.1) is 10.1 Å². The Hall–Kier alpha value is -1.58. The number of nitrogens with zero attached hydrogens (tertiary/aromatic N) is 2. The van der Waals surface area contributed by atoms with E-state index in [1.54, 1.807) is 6.92 Å². The van der Waals surface area contributed by atoms with Gasteiger partial charge in [-0.2, -0.15) is 0 Å². The van der Waals surface area contributed by atoms with Gasteiger partial charge in [0.2, 0.25) is 6.04 Å². The Morgan fingerprint density at radius 2 is 1.76 bits per heavy atom. The average Bonchev–Trinajstić information content (AvgIpc) is 2.32. The van der Waals surface area contributed by atoms with Crippen LogP contribution in [-0.4, -0.2) is 24.1 Å². The Morgan fingerprint density at radius 3 is 2.18 bits per heavy atom. The van der Waals surface area contributed by atoms with Crippen molar-refractivity contribution < 1.29 is 4.92 Å². The van der Waals surface area contributed by atoms with E-state index in [1.165, 1.54) is 5.69 Å². The van der Waals surface area contributed by atoms with Gasteiger partial charge in [-0.3, -0.25) is 10.1 Å². The van der Waals surface area contributed by atoms with Crippen molar-refractivity contribution in [2.24, 2.45) is 0 Å². The van der Waals surface area contributed by atoms with Crippen molar-refractivity contribution in [3.8, 4) is 0 Å². The van der Waals surface area contributed by atoms with E-state index < -0.39 is 6.04 Å². The lowest BCUT2D eigenvalue weighted by atomic mass is 10.1. The normalized spacial score (nSPS) is 12.2. The van der Waals surface area contributed by atoms with Gasteiger partial charge < -0.3 is 4.90 Å². The first-order valence-corrected chi connectivity index (χ1v) is 6.05. The fraction of sp³-hybridized carbons (Fsp3) is 0.538. The Labute approximate surface area is 102 Å². The smallest absolute Gasteiger partial charge is 0.214 e. The standard InChI is InChI=1S/C13H20N2O2/c1-4-14(5-2)13-8-6-12(7-9-13)10-11(3)15(16)17/h6-9,11H,4-5,10H2,1-3H3. The predicted octanol–water partition coefficient (Wildman–Crippen LogP) is 2.74. The highest BCUT2D eigenvalue weighted by molar-refractivity contribution is 5.47. The summed E-state index contributed by atoms with van der Waals surface area (Å²) in [5, 5.41) is 10.6. The lowest BCUT2D eigenvalue weighted by molar-refractivity contribution is -0.517. The van der Waals surface area contributed by atoms with Gasteiger partial charge >= 0.3 is 0 Å². The Morgan fingerprint density at radius 1 is 1.24 bits per heavy atom. The van der Waals surface area contributed by atoms with Crippen LogP contribution in [0.15, 0.2) is 24.3 Å². The molecule has 94 valence electrons. The summed E-state index contributed by atoms with van der Waals surface area (Å²) in [5.41, 5.74) is 2.19. The quantitative estimate of drug-likeness (QED) is 0.563. The zero-order valence-corrected chi connectivity index (χ0v) is 10.7. The van der Waals surface area contributed by atoms with Crippen LogP contribution in [0.3, 0.4) is 0 Å². The molecule has 0 aliphatic heterocycles. The van der Waals surface area contributed by atoms with Gasteiger partial charge in [0, 0.05) is 37.0 Å². The first kappa shape index (κ1) is 13.5. The van der Waals surface area contributed by atoms with Gasteiger partial charge in [0.1, 0.15) is 0 Å². The minimum absolute atomic E-state index is 0.238. The fourth-order valence-electron chi connectivity index (χ4n) is 1.85. The molecule has 0 fully saturated rings. The number of hydrogen-bond donors (Lipinski definition) is 0.